The highest BCUT2D eigenvalue weighted by molar-refractivity contribution is 6.11. The van der Waals surface area contributed by atoms with Gasteiger partial charge in [-0.1, -0.05) is 218 Å². The first kappa shape index (κ1) is 43.8. The van der Waals surface area contributed by atoms with Gasteiger partial charge in [0.1, 0.15) is 11.2 Å². The number of anilines is 3. The van der Waals surface area contributed by atoms with E-state index in [2.05, 4.69) is 289 Å². The first-order valence-corrected chi connectivity index (χ1v) is 25.6. The molecule has 3 nitrogen and oxygen atoms in total. The molecule has 0 atom stereocenters. The van der Waals surface area contributed by atoms with Crippen LogP contribution >= 0.6 is 0 Å². The molecule has 3 heteroatoms. The molecular formula is C72H48N2O. The van der Waals surface area contributed by atoms with Crippen LogP contribution in [0.25, 0.3) is 116 Å². The van der Waals surface area contributed by atoms with Crippen LogP contribution < -0.4 is 4.90 Å². The Balaban J connectivity index is 0.859. The summed E-state index contributed by atoms with van der Waals surface area (Å²) in [6.45, 7) is 0. The van der Waals surface area contributed by atoms with Crippen molar-refractivity contribution in [2.24, 2.45) is 0 Å². The average molecular weight is 957 g/mol. The summed E-state index contributed by atoms with van der Waals surface area (Å²) in [5.74, 6) is 0. The van der Waals surface area contributed by atoms with Crippen LogP contribution in [0.3, 0.4) is 0 Å². The number of hydrogen-bond acceptors (Lipinski definition) is 2. The van der Waals surface area contributed by atoms with Gasteiger partial charge in [0.05, 0.1) is 16.7 Å². The monoisotopic (exact) mass is 956 g/mol. The zero-order valence-corrected chi connectivity index (χ0v) is 41.0. The molecule has 0 saturated heterocycles. The molecule has 2 aromatic heterocycles. The van der Waals surface area contributed by atoms with Gasteiger partial charge in [-0.25, -0.2) is 0 Å². The molecular weight excluding hydrogens is 909 g/mol. The summed E-state index contributed by atoms with van der Waals surface area (Å²) >= 11 is 0. The van der Waals surface area contributed by atoms with Gasteiger partial charge in [0.15, 0.2) is 0 Å². The molecule has 352 valence electrons. The molecule has 14 rings (SSSR count). The second-order valence-electron chi connectivity index (χ2n) is 19.3. The van der Waals surface area contributed by atoms with Crippen molar-refractivity contribution in [3.05, 3.63) is 291 Å². The second-order valence-corrected chi connectivity index (χ2v) is 19.3. The molecule has 0 radical (unpaired) electrons. The van der Waals surface area contributed by atoms with Crippen molar-refractivity contribution in [1.29, 1.82) is 0 Å². The molecule has 0 spiro atoms. The van der Waals surface area contributed by atoms with E-state index in [-0.39, 0.29) is 0 Å². The van der Waals surface area contributed by atoms with Crippen LogP contribution in [-0.2, 0) is 0 Å². The normalized spacial score (nSPS) is 11.5. The van der Waals surface area contributed by atoms with E-state index in [1.54, 1.807) is 0 Å². The fourth-order valence-corrected chi connectivity index (χ4v) is 11.1. The van der Waals surface area contributed by atoms with E-state index >= 15 is 0 Å². The van der Waals surface area contributed by atoms with E-state index in [1.165, 1.54) is 49.6 Å². The lowest BCUT2D eigenvalue weighted by Crippen LogP contribution is -2.09. The highest BCUT2D eigenvalue weighted by atomic mass is 16.3. The minimum absolute atomic E-state index is 0.902. The van der Waals surface area contributed by atoms with Crippen molar-refractivity contribution in [3.8, 4) is 72.4 Å². The topological polar surface area (TPSA) is 21.3 Å². The van der Waals surface area contributed by atoms with Gasteiger partial charge in [-0.05, 0) is 128 Å². The van der Waals surface area contributed by atoms with Crippen LogP contribution in [0.2, 0.25) is 0 Å². The van der Waals surface area contributed by atoms with E-state index < -0.39 is 0 Å². The van der Waals surface area contributed by atoms with Gasteiger partial charge in [0.25, 0.3) is 0 Å². The summed E-state index contributed by atoms with van der Waals surface area (Å²) in [6.07, 6.45) is 0. The lowest BCUT2D eigenvalue weighted by Gasteiger charge is -2.26. The molecule has 0 aliphatic heterocycles. The Bertz CT molecular complexity index is 4320. The predicted molar refractivity (Wildman–Crippen MR) is 315 cm³/mol. The number of aromatic nitrogens is 1. The van der Waals surface area contributed by atoms with Gasteiger partial charge in [0.2, 0.25) is 0 Å². The van der Waals surface area contributed by atoms with Crippen molar-refractivity contribution in [2.45, 2.75) is 0 Å². The molecule has 0 N–H and O–H groups in total. The van der Waals surface area contributed by atoms with Crippen LogP contribution in [0.5, 0.6) is 0 Å². The van der Waals surface area contributed by atoms with Gasteiger partial charge in [-0.3, -0.25) is 0 Å². The Morgan fingerprint density at radius 2 is 0.653 bits per heavy atom. The largest absolute Gasteiger partial charge is 0.455 e. The maximum Gasteiger partial charge on any atom is 0.143 e. The van der Waals surface area contributed by atoms with Gasteiger partial charge in [-0.15, -0.1) is 0 Å². The van der Waals surface area contributed by atoms with Crippen LogP contribution in [-0.4, -0.2) is 4.57 Å². The number of rotatable bonds is 10. The first-order chi connectivity index (χ1) is 37.2. The fraction of sp³-hybridized carbons (Fsp3) is 0. The Hall–Kier alpha value is -9.96. The van der Waals surface area contributed by atoms with Crippen molar-refractivity contribution < 1.29 is 4.42 Å². The van der Waals surface area contributed by atoms with Crippen molar-refractivity contribution in [1.82, 2.24) is 4.57 Å². The Kier molecular flexibility index (Phi) is 10.8. The SMILES string of the molecule is c1ccc(-c2cccc(-c3ccc(N(c4ccc(-c5cccc(-c6cccc7c6oc6ccccc67)c5)cc4)c4ccc(-c5ccc(-c6ccccc6)cc5-n5c6ccccc6c6ccccc65)cc4)cc3)c2)cc1. The summed E-state index contributed by atoms with van der Waals surface area (Å²) in [5.41, 5.74) is 22.4. The minimum Gasteiger partial charge on any atom is -0.455 e. The third-order valence-corrected chi connectivity index (χ3v) is 14.8. The maximum absolute atomic E-state index is 6.47. The van der Waals surface area contributed by atoms with Crippen LogP contribution in [0.15, 0.2) is 296 Å². The highest BCUT2D eigenvalue weighted by Crippen LogP contribution is 2.43. The number of fused-ring (bicyclic) bond motifs is 6. The molecule has 0 amide bonds. The average Bonchev–Trinajstić information content (AvgIpc) is 4.05. The molecule has 75 heavy (non-hydrogen) atoms. The molecule has 0 aliphatic carbocycles. The number of benzene rings is 12. The molecule has 0 fully saturated rings. The van der Waals surface area contributed by atoms with Crippen molar-refractivity contribution in [2.75, 3.05) is 4.90 Å². The van der Waals surface area contributed by atoms with Crippen LogP contribution in [0, 0.1) is 0 Å². The molecule has 2 heterocycles. The Morgan fingerprint density at radius 1 is 0.253 bits per heavy atom. The van der Waals surface area contributed by atoms with Gasteiger partial charge in [-0.2, -0.15) is 0 Å². The Morgan fingerprint density at radius 3 is 1.23 bits per heavy atom. The third kappa shape index (κ3) is 7.95. The molecule has 0 aliphatic rings. The van der Waals surface area contributed by atoms with Gasteiger partial charge < -0.3 is 13.9 Å². The highest BCUT2D eigenvalue weighted by Gasteiger charge is 2.19. The minimum atomic E-state index is 0.902. The Labute approximate surface area is 436 Å². The lowest BCUT2D eigenvalue weighted by atomic mass is 9.97. The van der Waals surface area contributed by atoms with Crippen LogP contribution in [0.1, 0.15) is 0 Å². The number of hydrogen-bond donors (Lipinski definition) is 0. The summed E-state index contributed by atoms with van der Waals surface area (Å²) in [6, 6.07) is 105. The second kappa shape index (κ2) is 18.6. The fourth-order valence-electron chi connectivity index (χ4n) is 11.1. The van der Waals surface area contributed by atoms with E-state index in [9.17, 15) is 0 Å². The quantitative estimate of drug-likeness (QED) is 0.136. The van der Waals surface area contributed by atoms with Gasteiger partial charge >= 0.3 is 0 Å². The van der Waals surface area contributed by atoms with Gasteiger partial charge in [0, 0.05) is 49.7 Å². The number of para-hydroxylation sites is 4. The van der Waals surface area contributed by atoms with E-state index in [4.69, 9.17) is 4.42 Å². The summed E-state index contributed by atoms with van der Waals surface area (Å²) < 4.78 is 8.91. The van der Waals surface area contributed by atoms with Crippen LogP contribution in [0.4, 0.5) is 17.1 Å². The van der Waals surface area contributed by atoms with Crippen molar-refractivity contribution >= 4 is 60.8 Å². The van der Waals surface area contributed by atoms with E-state index in [0.717, 1.165) is 83.6 Å². The summed E-state index contributed by atoms with van der Waals surface area (Å²) in [4.78, 5) is 2.36. The predicted octanol–water partition coefficient (Wildman–Crippen LogP) is 20.2. The smallest absolute Gasteiger partial charge is 0.143 e. The summed E-state index contributed by atoms with van der Waals surface area (Å²) in [7, 11) is 0. The number of nitrogens with zero attached hydrogens (tertiary/aromatic N) is 2. The van der Waals surface area contributed by atoms with E-state index in [1.807, 2.05) is 12.1 Å². The first-order valence-electron chi connectivity index (χ1n) is 25.6. The zero-order chi connectivity index (χ0) is 49.7. The standard InChI is InChI=1S/C72H48N2O/c1-3-16-49(17-4-1)54-20-13-21-55(46-54)51-32-39-59(40-33-51)73(60-41-34-52(35-42-60)56-22-14-23-58(47-56)63-27-15-28-67-66-26-9-12-31-71(66)75-72(63)67)61-43-36-53(37-44-61)62-45-38-57(50-18-5-2-6-19-50)48-70(62)74-68-29-10-7-24-64(68)65-25-8-11-30-69(65)74/h1-48H. The van der Waals surface area contributed by atoms with Crippen molar-refractivity contribution in [3.63, 3.8) is 0 Å². The van der Waals surface area contributed by atoms with E-state index in [0.29, 0.717) is 0 Å². The molecule has 0 bridgehead atoms. The summed E-state index contributed by atoms with van der Waals surface area (Å²) in [5, 5.41) is 4.74. The maximum atomic E-state index is 6.47. The molecule has 14 aromatic rings. The molecule has 0 saturated carbocycles. The molecule has 0 unspecified atom stereocenters. The lowest BCUT2D eigenvalue weighted by molar-refractivity contribution is 0.670. The number of furan rings is 1. The zero-order valence-electron chi connectivity index (χ0n) is 41.0. The molecule has 12 aromatic carbocycles. The third-order valence-electron chi connectivity index (χ3n) is 14.8.